The van der Waals surface area contributed by atoms with Crippen molar-refractivity contribution in [2.75, 3.05) is 0 Å². The lowest BCUT2D eigenvalue weighted by molar-refractivity contribution is -0.143. The van der Waals surface area contributed by atoms with Crippen LogP contribution >= 0.6 is 0 Å². The van der Waals surface area contributed by atoms with Crippen molar-refractivity contribution in [3.8, 4) is 5.69 Å². The van der Waals surface area contributed by atoms with Crippen molar-refractivity contribution in [2.45, 2.75) is 50.7 Å². The second kappa shape index (κ2) is 6.32. The van der Waals surface area contributed by atoms with E-state index in [2.05, 4.69) is 20.4 Å². The first kappa shape index (κ1) is 15.3. The number of hydrogen-bond donors (Lipinski definition) is 1. The molecule has 0 amide bonds. The van der Waals surface area contributed by atoms with Crippen molar-refractivity contribution in [3.63, 3.8) is 0 Å². The van der Waals surface area contributed by atoms with E-state index in [1.807, 2.05) is 30.3 Å². The quantitative estimate of drug-likeness (QED) is 0.923. The van der Waals surface area contributed by atoms with Gasteiger partial charge in [-0.05, 0) is 47.7 Å². The molecule has 7 nitrogen and oxygen atoms in total. The average Bonchev–Trinajstić information content (AvgIpc) is 3.21. The molecular weight excluding hydrogens is 306 g/mol. The summed E-state index contributed by atoms with van der Waals surface area (Å²) in [6.07, 6.45) is 5.33. The molecule has 126 valence electrons. The molecule has 1 saturated carbocycles. The smallest absolute Gasteiger partial charge is 0.320 e. The van der Waals surface area contributed by atoms with Crippen LogP contribution in [0.15, 0.2) is 30.3 Å². The maximum absolute atomic E-state index is 11.7. The van der Waals surface area contributed by atoms with Crippen molar-refractivity contribution in [1.29, 1.82) is 0 Å². The van der Waals surface area contributed by atoms with Gasteiger partial charge in [0.1, 0.15) is 6.04 Å². The van der Waals surface area contributed by atoms with Gasteiger partial charge in [0.25, 0.3) is 0 Å². The lowest BCUT2D eigenvalue weighted by atomic mass is 9.85. The van der Waals surface area contributed by atoms with Gasteiger partial charge in [0, 0.05) is 6.04 Å². The van der Waals surface area contributed by atoms with Gasteiger partial charge in [0.05, 0.1) is 12.2 Å². The van der Waals surface area contributed by atoms with E-state index < -0.39 is 12.0 Å². The SMILES string of the molecule is O=C(O)[C@@H]1C[C@@H]2CCCC[C@H]2N1Cc1nnnn1-c1ccccc1. The molecule has 1 aliphatic carbocycles. The number of likely N-dealkylation sites (tertiary alicyclic amines) is 1. The standard InChI is InChI=1S/C17H21N5O2/c23-17(24)15-10-12-6-4-5-9-14(12)21(15)11-16-18-19-20-22(16)13-7-2-1-3-8-13/h1-3,7-8,12,14-15H,4-6,9-11H2,(H,23,24)/t12-,14+,15-/m0/s1. The van der Waals surface area contributed by atoms with Crippen LogP contribution in [-0.2, 0) is 11.3 Å². The Morgan fingerprint density at radius 2 is 2.00 bits per heavy atom. The van der Waals surface area contributed by atoms with Crippen LogP contribution in [0.1, 0.15) is 37.9 Å². The minimum Gasteiger partial charge on any atom is -0.480 e. The molecule has 1 N–H and O–H groups in total. The molecule has 2 aliphatic rings. The number of carboxylic acids is 1. The fraction of sp³-hybridized carbons (Fsp3) is 0.529. The molecule has 3 atom stereocenters. The van der Waals surface area contributed by atoms with E-state index in [4.69, 9.17) is 0 Å². The zero-order valence-corrected chi connectivity index (χ0v) is 13.5. The number of benzene rings is 1. The van der Waals surface area contributed by atoms with E-state index in [9.17, 15) is 9.90 Å². The number of tetrazole rings is 1. The number of para-hydroxylation sites is 1. The molecule has 4 rings (SSSR count). The molecule has 0 unspecified atom stereocenters. The fourth-order valence-electron chi connectivity index (χ4n) is 4.26. The third kappa shape index (κ3) is 2.69. The number of fused-ring (bicyclic) bond motifs is 1. The molecular formula is C17H21N5O2. The summed E-state index contributed by atoms with van der Waals surface area (Å²) in [6.45, 7) is 0.472. The second-order valence-electron chi connectivity index (χ2n) is 6.72. The van der Waals surface area contributed by atoms with Crippen molar-refractivity contribution in [3.05, 3.63) is 36.2 Å². The number of nitrogens with zero attached hydrogens (tertiary/aromatic N) is 5. The summed E-state index contributed by atoms with van der Waals surface area (Å²) in [5, 5.41) is 21.7. The highest BCUT2D eigenvalue weighted by Crippen LogP contribution is 2.40. The number of carbonyl (C=O) groups is 1. The van der Waals surface area contributed by atoms with Crippen LogP contribution in [-0.4, -0.2) is 48.3 Å². The van der Waals surface area contributed by atoms with Crippen LogP contribution in [0, 0.1) is 5.92 Å². The average molecular weight is 327 g/mol. The Balaban J connectivity index is 1.62. The highest BCUT2D eigenvalue weighted by atomic mass is 16.4. The minimum absolute atomic E-state index is 0.334. The summed E-state index contributed by atoms with van der Waals surface area (Å²) < 4.78 is 1.70. The topological polar surface area (TPSA) is 84.1 Å². The van der Waals surface area contributed by atoms with Crippen molar-refractivity contribution in [1.82, 2.24) is 25.1 Å². The van der Waals surface area contributed by atoms with E-state index in [0.29, 0.717) is 24.3 Å². The minimum atomic E-state index is -0.733. The molecule has 0 bridgehead atoms. The van der Waals surface area contributed by atoms with Crippen LogP contribution in [0.4, 0.5) is 0 Å². The Hall–Kier alpha value is -2.28. The summed E-state index contributed by atoms with van der Waals surface area (Å²) in [6, 6.07) is 9.62. The van der Waals surface area contributed by atoms with Gasteiger partial charge in [-0.3, -0.25) is 9.69 Å². The molecule has 1 aromatic heterocycles. The van der Waals surface area contributed by atoms with Gasteiger partial charge < -0.3 is 5.11 Å². The second-order valence-corrected chi connectivity index (χ2v) is 6.72. The largest absolute Gasteiger partial charge is 0.480 e. The first-order chi connectivity index (χ1) is 11.7. The van der Waals surface area contributed by atoms with Crippen LogP contribution in [0.2, 0.25) is 0 Å². The summed E-state index contributed by atoms with van der Waals surface area (Å²) in [5.41, 5.74) is 0.892. The van der Waals surface area contributed by atoms with Gasteiger partial charge in [-0.1, -0.05) is 31.0 Å². The van der Waals surface area contributed by atoms with Crippen LogP contribution in [0.5, 0.6) is 0 Å². The predicted molar refractivity (Wildman–Crippen MR) is 86.5 cm³/mol. The zero-order valence-electron chi connectivity index (χ0n) is 13.5. The van der Waals surface area contributed by atoms with Gasteiger partial charge in [-0.25, -0.2) is 0 Å². The zero-order chi connectivity index (χ0) is 16.5. The van der Waals surface area contributed by atoms with Crippen molar-refractivity contribution in [2.24, 2.45) is 5.92 Å². The molecule has 0 spiro atoms. The lowest BCUT2D eigenvalue weighted by Crippen LogP contribution is -2.42. The molecule has 7 heteroatoms. The normalized spacial score (nSPS) is 27.1. The lowest BCUT2D eigenvalue weighted by Gasteiger charge is -2.32. The van der Waals surface area contributed by atoms with Gasteiger partial charge in [0.2, 0.25) is 0 Å². The summed E-state index contributed by atoms with van der Waals surface area (Å²) >= 11 is 0. The van der Waals surface area contributed by atoms with Gasteiger partial charge >= 0.3 is 5.97 Å². The highest BCUT2D eigenvalue weighted by Gasteiger charge is 2.45. The van der Waals surface area contributed by atoms with Gasteiger partial charge in [0.15, 0.2) is 5.82 Å². The van der Waals surface area contributed by atoms with Crippen molar-refractivity contribution >= 4 is 5.97 Å². The maximum atomic E-state index is 11.7. The molecule has 0 radical (unpaired) electrons. The Kier molecular flexibility index (Phi) is 4.02. The predicted octanol–water partition coefficient (Wildman–Crippen LogP) is 1.88. The molecule has 2 heterocycles. The first-order valence-corrected chi connectivity index (χ1v) is 8.55. The van der Waals surface area contributed by atoms with E-state index in [-0.39, 0.29) is 0 Å². The third-order valence-corrected chi connectivity index (χ3v) is 5.37. The number of rotatable bonds is 4. The first-order valence-electron chi connectivity index (χ1n) is 8.55. The third-order valence-electron chi connectivity index (χ3n) is 5.37. The Morgan fingerprint density at radius 1 is 1.21 bits per heavy atom. The molecule has 1 aliphatic heterocycles. The van der Waals surface area contributed by atoms with Crippen LogP contribution < -0.4 is 0 Å². The Bertz CT molecular complexity index is 717. The van der Waals surface area contributed by atoms with E-state index in [1.165, 1.54) is 12.8 Å². The molecule has 2 aromatic rings. The highest BCUT2D eigenvalue weighted by molar-refractivity contribution is 5.74. The number of carboxylic acid groups (broad SMARTS) is 1. The molecule has 1 saturated heterocycles. The maximum Gasteiger partial charge on any atom is 0.320 e. The summed E-state index contributed by atoms with van der Waals surface area (Å²) in [4.78, 5) is 13.8. The summed E-state index contributed by atoms with van der Waals surface area (Å²) in [7, 11) is 0. The van der Waals surface area contributed by atoms with Crippen LogP contribution in [0.25, 0.3) is 5.69 Å². The fourth-order valence-corrected chi connectivity index (χ4v) is 4.26. The molecule has 1 aromatic carbocycles. The van der Waals surface area contributed by atoms with Crippen molar-refractivity contribution < 1.29 is 9.90 Å². The van der Waals surface area contributed by atoms with Gasteiger partial charge in [-0.15, -0.1) is 5.10 Å². The molecule has 24 heavy (non-hydrogen) atoms. The summed E-state index contributed by atoms with van der Waals surface area (Å²) in [5.74, 6) is 0.447. The molecule has 2 fully saturated rings. The Morgan fingerprint density at radius 3 is 2.79 bits per heavy atom. The number of aliphatic carboxylic acids is 1. The van der Waals surface area contributed by atoms with Crippen LogP contribution in [0.3, 0.4) is 0 Å². The number of hydrogen-bond acceptors (Lipinski definition) is 5. The monoisotopic (exact) mass is 327 g/mol. The Labute approximate surface area is 140 Å². The number of aromatic nitrogens is 4. The van der Waals surface area contributed by atoms with E-state index >= 15 is 0 Å². The van der Waals surface area contributed by atoms with E-state index in [1.54, 1.807) is 4.68 Å². The van der Waals surface area contributed by atoms with E-state index in [0.717, 1.165) is 24.9 Å². The van der Waals surface area contributed by atoms with Gasteiger partial charge in [-0.2, -0.15) is 4.68 Å².